The Bertz CT molecular complexity index is 1690. The van der Waals surface area contributed by atoms with Gasteiger partial charge in [0.2, 0.25) is 21.8 Å². The molecule has 17 heteroatoms. The molecular weight excluding hydrogens is 708 g/mol. The summed E-state index contributed by atoms with van der Waals surface area (Å²) in [5.41, 5.74) is 5.01. The van der Waals surface area contributed by atoms with E-state index in [9.17, 15) is 22.8 Å². The van der Waals surface area contributed by atoms with Crippen LogP contribution in [-0.2, 0) is 30.3 Å². The Labute approximate surface area is 302 Å². The molecule has 51 heavy (non-hydrogen) atoms. The zero-order chi connectivity index (χ0) is 37.1. The number of hydrogen-bond acceptors (Lipinski definition) is 9. The number of alkyl halides is 2. The highest BCUT2D eigenvalue weighted by molar-refractivity contribution is 7.89. The van der Waals surface area contributed by atoms with Crippen molar-refractivity contribution in [2.45, 2.75) is 75.3 Å². The molecule has 2 saturated heterocycles. The second-order valence-electron chi connectivity index (χ2n) is 14.2. The molecule has 0 bridgehead atoms. The van der Waals surface area contributed by atoms with Crippen LogP contribution in [0, 0.1) is 11.8 Å². The molecule has 5 rings (SSSR count). The number of anilines is 2. The van der Waals surface area contributed by atoms with Gasteiger partial charge in [0.15, 0.2) is 0 Å². The summed E-state index contributed by atoms with van der Waals surface area (Å²) in [4.78, 5) is 44.7. The SMILES string of the molecule is CC(C)(C)OC(=O)N[C@@H]1CC(=O)N(c2ccc(S(=O)(=O)N3CCN(c4cc(C(F)(F)[C@H]5CC[C@H](C(=O)NCCN)CC5)cc(Cl)n4)CC3)cc2)C1. The molecule has 4 N–H and O–H groups in total. The van der Waals surface area contributed by atoms with E-state index < -0.39 is 39.6 Å². The average Bonchev–Trinajstić information content (AvgIpc) is 3.45. The summed E-state index contributed by atoms with van der Waals surface area (Å²) in [5, 5.41) is 5.35. The van der Waals surface area contributed by atoms with Gasteiger partial charge in [-0.05, 0) is 82.9 Å². The first kappa shape index (κ1) is 38.6. The molecule has 2 aliphatic heterocycles. The molecule has 3 amide bonds. The molecule has 1 aliphatic carbocycles. The van der Waals surface area contributed by atoms with Gasteiger partial charge in [-0.3, -0.25) is 9.59 Å². The number of benzene rings is 1. The quantitative estimate of drug-likeness (QED) is 0.306. The molecule has 1 saturated carbocycles. The zero-order valence-electron chi connectivity index (χ0n) is 29.0. The Morgan fingerprint density at radius 2 is 1.69 bits per heavy atom. The number of amides is 3. The maximum Gasteiger partial charge on any atom is 0.407 e. The first-order valence-electron chi connectivity index (χ1n) is 17.2. The first-order chi connectivity index (χ1) is 24.0. The standard InChI is InChI=1S/C34H46ClF2N7O6S/c1-33(2,3)50-32(47)40-25-20-30(45)44(21-25)26-8-10-27(11-9-26)51(48,49)43-16-14-42(15-17-43)29-19-24(18-28(35)41-29)34(36,37)23-6-4-22(5-7-23)31(46)39-13-12-38/h8-11,18-19,22-23,25H,4-7,12-17,20-21,38H2,1-3H3,(H,39,46)(H,40,47)/t22-,23-,25-/m1/s1. The molecule has 1 aromatic carbocycles. The average molecular weight is 754 g/mol. The van der Waals surface area contributed by atoms with E-state index in [1.165, 1.54) is 33.5 Å². The number of nitrogens with one attached hydrogen (secondary N) is 2. The highest BCUT2D eigenvalue weighted by atomic mass is 35.5. The van der Waals surface area contributed by atoms with Crippen LogP contribution in [-0.4, -0.2) is 93.1 Å². The van der Waals surface area contributed by atoms with Crippen molar-refractivity contribution in [3.05, 3.63) is 47.1 Å². The monoisotopic (exact) mass is 753 g/mol. The van der Waals surface area contributed by atoms with Crippen molar-refractivity contribution in [1.29, 1.82) is 0 Å². The Balaban J connectivity index is 1.18. The maximum absolute atomic E-state index is 15.8. The summed E-state index contributed by atoms with van der Waals surface area (Å²) < 4.78 is 65.3. The Morgan fingerprint density at radius 3 is 2.29 bits per heavy atom. The second-order valence-corrected chi connectivity index (χ2v) is 16.5. The van der Waals surface area contributed by atoms with Crippen LogP contribution < -0.4 is 26.2 Å². The van der Waals surface area contributed by atoms with Gasteiger partial charge in [-0.15, -0.1) is 0 Å². The number of alkyl carbamates (subject to hydrolysis) is 1. The van der Waals surface area contributed by atoms with Crippen molar-refractivity contribution in [3.63, 3.8) is 0 Å². The van der Waals surface area contributed by atoms with Gasteiger partial charge in [-0.1, -0.05) is 11.6 Å². The summed E-state index contributed by atoms with van der Waals surface area (Å²) in [5.74, 6) is -4.61. The molecule has 1 atom stereocenters. The summed E-state index contributed by atoms with van der Waals surface area (Å²) in [6.45, 7) is 6.68. The lowest BCUT2D eigenvalue weighted by atomic mass is 9.77. The van der Waals surface area contributed by atoms with Crippen LogP contribution in [0.4, 0.5) is 25.1 Å². The lowest BCUT2D eigenvalue weighted by molar-refractivity contribution is -0.129. The van der Waals surface area contributed by atoms with E-state index in [0.29, 0.717) is 31.6 Å². The number of nitrogens with zero attached hydrogens (tertiary/aromatic N) is 4. The van der Waals surface area contributed by atoms with E-state index in [4.69, 9.17) is 22.1 Å². The van der Waals surface area contributed by atoms with Gasteiger partial charge in [0, 0.05) is 75.3 Å². The summed E-state index contributed by atoms with van der Waals surface area (Å²) in [6, 6.07) is 8.02. The van der Waals surface area contributed by atoms with Gasteiger partial charge in [0.05, 0.1) is 10.9 Å². The zero-order valence-corrected chi connectivity index (χ0v) is 30.6. The number of aromatic nitrogens is 1. The number of ether oxygens (including phenoxy) is 1. The third kappa shape index (κ3) is 9.26. The number of piperazine rings is 1. The van der Waals surface area contributed by atoms with Gasteiger partial charge in [0.1, 0.15) is 16.6 Å². The van der Waals surface area contributed by atoms with Gasteiger partial charge in [-0.2, -0.15) is 4.31 Å². The molecule has 3 heterocycles. The fourth-order valence-corrected chi connectivity index (χ4v) is 8.39. The number of sulfonamides is 1. The molecular formula is C34H46ClF2N7O6S. The molecule has 0 radical (unpaired) electrons. The number of rotatable bonds is 10. The van der Waals surface area contributed by atoms with Crippen molar-refractivity contribution in [1.82, 2.24) is 19.9 Å². The summed E-state index contributed by atoms with van der Waals surface area (Å²) in [6.07, 6.45) is 0.536. The normalized spacial score (nSPS) is 22.2. The van der Waals surface area contributed by atoms with Crippen molar-refractivity contribution in [2.75, 3.05) is 55.6 Å². The number of carbonyl (C=O) groups is 3. The number of halogens is 3. The molecule has 2 aromatic rings. The lowest BCUT2D eigenvalue weighted by Crippen LogP contribution is -2.49. The van der Waals surface area contributed by atoms with Crippen LogP contribution in [0.15, 0.2) is 41.3 Å². The van der Waals surface area contributed by atoms with Crippen molar-refractivity contribution in [2.24, 2.45) is 17.6 Å². The van der Waals surface area contributed by atoms with Crippen LogP contribution in [0.5, 0.6) is 0 Å². The van der Waals surface area contributed by atoms with Gasteiger partial charge in [0.25, 0.3) is 5.92 Å². The van der Waals surface area contributed by atoms with E-state index in [-0.39, 0.29) is 91.1 Å². The predicted molar refractivity (Wildman–Crippen MR) is 188 cm³/mol. The molecule has 0 spiro atoms. The minimum absolute atomic E-state index is 0.0455. The number of pyridine rings is 1. The molecule has 13 nitrogen and oxygen atoms in total. The van der Waals surface area contributed by atoms with E-state index in [2.05, 4.69) is 15.6 Å². The molecule has 280 valence electrons. The summed E-state index contributed by atoms with van der Waals surface area (Å²) in [7, 11) is -3.91. The van der Waals surface area contributed by atoms with Gasteiger partial charge in [-0.25, -0.2) is 27.0 Å². The minimum Gasteiger partial charge on any atom is -0.444 e. The maximum atomic E-state index is 15.8. The third-order valence-electron chi connectivity index (χ3n) is 9.41. The first-order valence-corrected chi connectivity index (χ1v) is 19.0. The smallest absolute Gasteiger partial charge is 0.407 e. The van der Waals surface area contributed by atoms with E-state index >= 15 is 8.78 Å². The Hall–Kier alpha value is -3.60. The van der Waals surface area contributed by atoms with Crippen LogP contribution in [0.2, 0.25) is 5.15 Å². The molecule has 0 unspecified atom stereocenters. The van der Waals surface area contributed by atoms with Crippen molar-refractivity contribution < 1.29 is 36.3 Å². The molecule has 3 aliphatic rings. The van der Waals surface area contributed by atoms with Crippen LogP contribution >= 0.6 is 11.6 Å². The van der Waals surface area contributed by atoms with Gasteiger partial charge >= 0.3 is 6.09 Å². The largest absolute Gasteiger partial charge is 0.444 e. The Morgan fingerprint density at radius 1 is 1.04 bits per heavy atom. The summed E-state index contributed by atoms with van der Waals surface area (Å²) >= 11 is 6.24. The minimum atomic E-state index is -3.91. The van der Waals surface area contributed by atoms with Gasteiger partial charge < -0.3 is 30.9 Å². The lowest BCUT2D eigenvalue weighted by Gasteiger charge is -2.36. The van der Waals surface area contributed by atoms with Crippen molar-refractivity contribution >= 4 is 51.0 Å². The predicted octanol–water partition coefficient (Wildman–Crippen LogP) is 3.85. The molecule has 1 aromatic heterocycles. The third-order valence-corrected chi connectivity index (χ3v) is 11.5. The van der Waals surface area contributed by atoms with E-state index in [1.807, 2.05) is 0 Å². The fourth-order valence-electron chi connectivity index (χ4n) is 6.76. The molecule has 3 fully saturated rings. The van der Waals surface area contributed by atoms with E-state index in [1.54, 1.807) is 37.8 Å². The highest BCUT2D eigenvalue weighted by Gasteiger charge is 2.44. The number of nitrogens with two attached hydrogens (primary N) is 1. The van der Waals surface area contributed by atoms with Crippen molar-refractivity contribution in [3.8, 4) is 0 Å². The highest BCUT2D eigenvalue weighted by Crippen LogP contribution is 2.46. The number of hydrogen-bond donors (Lipinski definition) is 3. The topological polar surface area (TPSA) is 167 Å². The van der Waals surface area contributed by atoms with E-state index in [0.717, 1.165) is 0 Å². The van der Waals surface area contributed by atoms with Crippen LogP contribution in [0.1, 0.15) is 58.4 Å². The second kappa shape index (κ2) is 15.6. The van der Waals surface area contributed by atoms with Crippen LogP contribution in [0.25, 0.3) is 0 Å². The number of carbonyl (C=O) groups excluding carboxylic acids is 3. The Kier molecular flexibility index (Phi) is 11.8. The van der Waals surface area contributed by atoms with Crippen LogP contribution in [0.3, 0.4) is 0 Å². The fraction of sp³-hybridized carbons (Fsp3) is 0.588.